The van der Waals surface area contributed by atoms with Crippen LogP contribution in [-0.2, 0) is 10.0 Å². The van der Waals surface area contributed by atoms with Crippen LogP contribution in [0, 0.1) is 10.1 Å². The van der Waals surface area contributed by atoms with Crippen molar-refractivity contribution < 1.29 is 22.9 Å². The van der Waals surface area contributed by atoms with Crippen molar-refractivity contribution in [2.45, 2.75) is 4.90 Å². The Kier molecular flexibility index (Phi) is 5.65. The van der Waals surface area contributed by atoms with Crippen LogP contribution in [0.15, 0.2) is 45.8 Å². The summed E-state index contributed by atoms with van der Waals surface area (Å²) in [5, 5.41) is 9.95. The van der Waals surface area contributed by atoms with Crippen molar-refractivity contribution in [3.8, 4) is 5.75 Å². The van der Waals surface area contributed by atoms with Gasteiger partial charge in [0.1, 0.15) is 10.6 Å². The van der Waals surface area contributed by atoms with Gasteiger partial charge in [0.15, 0.2) is 0 Å². The van der Waals surface area contributed by atoms with E-state index in [4.69, 9.17) is 16.3 Å². The number of halogens is 2. The number of hydrogen-bond donors (Lipinski definition) is 1. The molecule has 0 saturated heterocycles. The van der Waals surface area contributed by atoms with Crippen molar-refractivity contribution in [2.75, 3.05) is 11.8 Å². The first-order valence-corrected chi connectivity index (χ1v) is 9.15. The Labute approximate surface area is 156 Å². The lowest BCUT2D eigenvalue weighted by Gasteiger charge is -2.13. The monoisotopic (exact) mass is 448 g/mol. The molecule has 11 heteroatoms. The number of non-ortho nitro benzene ring substituents is 1. The molecule has 25 heavy (non-hydrogen) atoms. The predicted molar refractivity (Wildman–Crippen MR) is 94.8 cm³/mol. The molecule has 0 heterocycles. The number of carbonyl (C=O) groups excluding carboxylic acids is 1. The van der Waals surface area contributed by atoms with Crippen molar-refractivity contribution in [1.82, 2.24) is 0 Å². The second-order valence-electron chi connectivity index (χ2n) is 4.66. The van der Waals surface area contributed by atoms with Gasteiger partial charge in [-0.3, -0.25) is 19.6 Å². The lowest BCUT2D eigenvalue weighted by atomic mass is 10.2. The zero-order chi connectivity index (χ0) is 18.8. The maximum atomic E-state index is 12.6. The van der Waals surface area contributed by atoms with Gasteiger partial charge in [-0.2, -0.15) is 0 Å². The van der Waals surface area contributed by atoms with Crippen LogP contribution in [-0.4, -0.2) is 25.7 Å². The zero-order valence-corrected chi connectivity index (χ0v) is 15.7. The molecule has 0 spiro atoms. The van der Waals surface area contributed by atoms with Crippen LogP contribution in [0.4, 0.5) is 11.4 Å². The van der Waals surface area contributed by atoms with E-state index in [0.717, 1.165) is 18.2 Å². The highest BCUT2D eigenvalue weighted by molar-refractivity contribution is 9.10. The Balaban J connectivity index is 2.51. The third-order valence-corrected chi connectivity index (χ3v) is 5.19. The van der Waals surface area contributed by atoms with Gasteiger partial charge in [-0.1, -0.05) is 15.9 Å². The molecule has 0 amide bonds. The first-order valence-electron chi connectivity index (χ1n) is 6.50. The number of nitro benzene ring substituents is 1. The summed E-state index contributed by atoms with van der Waals surface area (Å²) in [7, 11) is -3.01. The number of anilines is 1. The Morgan fingerprint density at radius 1 is 1.28 bits per heavy atom. The van der Waals surface area contributed by atoms with Crippen LogP contribution in [0.25, 0.3) is 0 Å². The van der Waals surface area contributed by atoms with Gasteiger partial charge in [0, 0.05) is 10.5 Å². The Bertz CT molecular complexity index is 964. The maximum absolute atomic E-state index is 12.6. The van der Waals surface area contributed by atoms with E-state index in [1.807, 2.05) is 0 Å². The van der Waals surface area contributed by atoms with Crippen molar-refractivity contribution in [1.29, 1.82) is 0 Å². The largest absolute Gasteiger partial charge is 0.495 e. The first-order chi connectivity index (χ1) is 11.7. The number of methoxy groups -OCH3 is 1. The van der Waals surface area contributed by atoms with Gasteiger partial charge in [0.2, 0.25) is 0 Å². The summed E-state index contributed by atoms with van der Waals surface area (Å²) in [5.41, 5.74) is -0.417. The van der Waals surface area contributed by atoms with Crippen LogP contribution in [0.3, 0.4) is 0 Å². The summed E-state index contributed by atoms with van der Waals surface area (Å²) < 4.78 is 32.9. The van der Waals surface area contributed by atoms with Crippen LogP contribution in [0.1, 0.15) is 10.4 Å². The Hall–Kier alpha value is -2.17. The molecule has 0 unspecified atom stereocenters. The molecule has 2 aromatic carbocycles. The van der Waals surface area contributed by atoms with Gasteiger partial charge in [-0.15, -0.1) is 0 Å². The summed E-state index contributed by atoms with van der Waals surface area (Å²) in [5.74, 6) is -0.211. The van der Waals surface area contributed by atoms with Crippen LogP contribution in [0.5, 0.6) is 5.75 Å². The van der Waals surface area contributed by atoms with Gasteiger partial charge in [0.25, 0.3) is 21.0 Å². The van der Waals surface area contributed by atoms with Gasteiger partial charge >= 0.3 is 0 Å². The lowest BCUT2D eigenvalue weighted by Crippen LogP contribution is -2.16. The minimum absolute atomic E-state index is 0.0383. The van der Waals surface area contributed by atoms with E-state index in [1.54, 1.807) is 0 Å². The molecule has 1 N–H and O–H groups in total. The normalized spacial score (nSPS) is 11.0. The van der Waals surface area contributed by atoms with Gasteiger partial charge < -0.3 is 4.74 Å². The number of hydrogen-bond acceptors (Lipinski definition) is 6. The second kappa shape index (κ2) is 7.38. The van der Waals surface area contributed by atoms with Crippen LogP contribution < -0.4 is 9.46 Å². The smallest absolute Gasteiger partial charge is 0.273 e. The highest BCUT2D eigenvalue weighted by Crippen LogP contribution is 2.31. The van der Waals surface area contributed by atoms with Crippen molar-refractivity contribution in [3.05, 3.63) is 56.5 Å². The summed E-state index contributed by atoms with van der Waals surface area (Å²) in [6.45, 7) is 0. The SMILES string of the molecule is COc1cc([N+](=O)[O-])ccc1S(=O)(=O)Nc1ccc(Br)cc1C(=O)Cl. The maximum Gasteiger partial charge on any atom is 0.273 e. The average molecular weight is 450 g/mol. The molecular weight excluding hydrogens is 440 g/mol. The summed E-state index contributed by atoms with van der Waals surface area (Å²) in [4.78, 5) is 21.3. The molecule has 2 aromatic rings. The molecule has 0 saturated carbocycles. The highest BCUT2D eigenvalue weighted by Gasteiger charge is 2.24. The average Bonchev–Trinajstić information content (AvgIpc) is 2.55. The Morgan fingerprint density at radius 3 is 2.52 bits per heavy atom. The van der Waals surface area contributed by atoms with E-state index in [2.05, 4.69) is 20.7 Å². The van der Waals surface area contributed by atoms with E-state index in [0.29, 0.717) is 4.47 Å². The van der Waals surface area contributed by atoms with Crippen molar-refractivity contribution >= 4 is 54.2 Å². The number of carbonyl (C=O) groups is 1. The van der Waals surface area contributed by atoms with E-state index < -0.39 is 20.2 Å². The highest BCUT2D eigenvalue weighted by atomic mass is 79.9. The molecule has 0 fully saturated rings. The number of nitrogens with zero attached hydrogens (tertiary/aromatic N) is 1. The van der Waals surface area contributed by atoms with Gasteiger partial charge in [-0.25, -0.2) is 8.42 Å². The minimum atomic E-state index is -4.19. The molecule has 0 radical (unpaired) electrons. The Morgan fingerprint density at radius 2 is 1.96 bits per heavy atom. The van der Waals surface area contributed by atoms with E-state index in [9.17, 15) is 23.3 Å². The van der Waals surface area contributed by atoms with E-state index >= 15 is 0 Å². The van der Waals surface area contributed by atoms with Crippen molar-refractivity contribution in [2.24, 2.45) is 0 Å². The zero-order valence-electron chi connectivity index (χ0n) is 12.5. The molecule has 0 aliphatic rings. The minimum Gasteiger partial charge on any atom is -0.495 e. The van der Waals surface area contributed by atoms with Crippen molar-refractivity contribution in [3.63, 3.8) is 0 Å². The summed E-state index contributed by atoms with van der Waals surface area (Å²) >= 11 is 8.64. The van der Waals surface area contributed by atoms with E-state index in [1.165, 1.54) is 25.3 Å². The first kappa shape index (κ1) is 19.2. The van der Waals surface area contributed by atoms with Crippen LogP contribution in [0.2, 0.25) is 0 Å². The molecule has 132 valence electrons. The molecule has 0 aromatic heterocycles. The third kappa shape index (κ3) is 4.27. The summed E-state index contributed by atoms with van der Waals surface area (Å²) in [6, 6.07) is 7.31. The standard InChI is InChI=1S/C14H10BrClN2O6S/c1-24-12-7-9(18(20)21)3-5-13(12)25(22,23)17-11-4-2-8(15)6-10(11)14(16)19/h2-7,17H,1H3. The number of sulfonamides is 1. The van der Waals surface area contributed by atoms with Gasteiger partial charge in [-0.05, 0) is 35.9 Å². The molecule has 0 bridgehead atoms. The number of nitro groups is 1. The predicted octanol–water partition coefficient (Wildman–Crippen LogP) is 3.55. The van der Waals surface area contributed by atoms with Gasteiger partial charge in [0.05, 0.1) is 29.4 Å². The van der Waals surface area contributed by atoms with E-state index in [-0.39, 0.29) is 27.6 Å². The third-order valence-electron chi connectivity index (χ3n) is 3.09. The topological polar surface area (TPSA) is 116 Å². The number of rotatable bonds is 6. The fourth-order valence-electron chi connectivity index (χ4n) is 1.96. The number of nitrogens with one attached hydrogen (secondary N) is 1. The fraction of sp³-hybridized carbons (Fsp3) is 0.0714. The fourth-order valence-corrected chi connectivity index (χ4v) is 3.71. The molecule has 0 aliphatic heterocycles. The molecule has 0 aliphatic carbocycles. The molecule has 2 rings (SSSR count). The number of benzene rings is 2. The quantitative estimate of drug-likeness (QED) is 0.410. The molecular formula is C14H10BrClN2O6S. The second-order valence-corrected chi connectivity index (χ2v) is 7.57. The molecule has 8 nitrogen and oxygen atoms in total. The number of ether oxygens (including phenoxy) is 1. The van der Waals surface area contributed by atoms with Crippen LogP contribution >= 0.6 is 27.5 Å². The summed E-state index contributed by atoms with van der Waals surface area (Å²) in [6.07, 6.45) is 0. The lowest BCUT2D eigenvalue weighted by molar-refractivity contribution is -0.385. The molecule has 0 atom stereocenters.